The molecular weight excluding hydrogens is 356 g/mol. The van der Waals surface area contributed by atoms with Crippen molar-refractivity contribution < 1.29 is 9.32 Å². The summed E-state index contributed by atoms with van der Waals surface area (Å²) in [4.78, 5) is 13.4. The van der Waals surface area contributed by atoms with Crippen molar-refractivity contribution in [2.75, 3.05) is 0 Å². The molecule has 0 aliphatic rings. The molecule has 1 aromatic heterocycles. The molecule has 1 N–H and O–H groups in total. The fourth-order valence-electron chi connectivity index (χ4n) is 2.64. The van der Waals surface area contributed by atoms with Crippen molar-refractivity contribution in [1.29, 1.82) is 0 Å². The topological polar surface area (TPSA) is 55.1 Å². The van der Waals surface area contributed by atoms with Crippen LogP contribution in [0.2, 0.25) is 0 Å². The number of benzene rings is 2. The highest BCUT2D eigenvalue weighted by atomic mass is 32.2. The van der Waals surface area contributed by atoms with Crippen molar-refractivity contribution >= 4 is 17.7 Å². The monoisotopic (exact) mass is 380 g/mol. The van der Waals surface area contributed by atoms with Crippen LogP contribution in [0.3, 0.4) is 0 Å². The smallest absolute Gasteiger partial charge is 0.224 e. The van der Waals surface area contributed by atoms with E-state index in [-0.39, 0.29) is 5.91 Å². The lowest BCUT2D eigenvalue weighted by atomic mass is 10.1. The first kappa shape index (κ1) is 19.2. The maximum atomic E-state index is 12.2. The van der Waals surface area contributed by atoms with Crippen LogP contribution in [-0.2, 0) is 17.8 Å². The zero-order chi connectivity index (χ0) is 19.2. The molecule has 0 fully saturated rings. The van der Waals surface area contributed by atoms with Crippen LogP contribution in [0.1, 0.15) is 30.7 Å². The van der Waals surface area contributed by atoms with Gasteiger partial charge in [0.25, 0.3) is 0 Å². The van der Waals surface area contributed by atoms with Crippen LogP contribution in [0.15, 0.2) is 64.0 Å². The molecule has 0 saturated carbocycles. The molecule has 0 unspecified atom stereocenters. The van der Waals surface area contributed by atoms with Gasteiger partial charge in [0, 0.05) is 21.8 Å². The zero-order valence-corrected chi connectivity index (χ0v) is 16.7. The first-order valence-electron chi connectivity index (χ1n) is 9.04. The van der Waals surface area contributed by atoms with Gasteiger partial charge in [0.1, 0.15) is 5.69 Å². The van der Waals surface area contributed by atoms with Gasteiger partial charge in [-0.3, -0.25) is 4.79 Å². The summed E-state index contributed by atoms with van der Waals surface area (Å²) in [6.45, 7) is 6.73. The van der Waals surface area contributed by atoms with Gasteiger partial charge in [-0.15, -0.1) is 11.8 Å². The lowest BCUT2D eigenvalue weighted by molar-refractivity contribution is -0.120. The second-order valence-electron chi connectivity index (χ2n) is 6.81. The van der Waals surface area contributed by atoms with Crippen LogP contribution in [0.25, 0.3) is 11.3 Å². The fourth-order valence-corrected chi connectivity index (χ4v) is 3.48. The van der Waals surface area contributed by atoms with Crippen molar-refractivity contribution in [3.63, 3.8) is 0 Å². The van der Waals surface area contributed by atoms with E-state index in [4.69, 9.17) is 4.52 Å². The van der Waals surface area contributed by atoms with E-state index >= 15 is 0 Å². The first-order chi connectivity index (χ1) is 13.0. The standard InChI is InChI=1S/C22H24N2O2S/c1-15(2)27-20-10-6-17(7-11-20)12-22(25)23-14-19-13-21(26-24-19)18-8-4-16(3)5-9-18/h4-11,13,15H,12,14H2,1-3H3,(H,23,25). The summed E-state index contributed by atoms with van der Waals surface area (Å²) in [7, 11) is 0. The molecule has 4 nitrogen and oxygen atoms in total. The molecule has 5 heteroatoms. The number of thioether (sulfide) groups is 1. The van der Waals surface area contributed by atoms with Gasteiger partial charge in [-0.25, -0.2) is 0 Å². The molecule has 3 rings (SSSR count). The van der Waals surface area contributed by atoms with Gasteiger partial charge in [0.15, 0.2) is 5.76 Å². The van der Waals surface area contributed by atoms with E-state index in [0.29, 0.717) is 29.7 Å². The number of nitrogens with one attached hydrogen (secondary N) is 1. The number of hydrogen-bond acceptors (Lipinski definition) is 4. The van der Waals surface area contributed by atoms with Crippen LogP contribution in [0, 0.1) is 6.92 Å². The number of aromatic nitrogens is 1. The van der Waals surface area contributed by atoms with Crippen molar-refractivity contribution in [2.45, 2.75) is 43.9 Å². The third kappa shape index (κ3) is 5.73. The summed E-state index contributed by atoms with van der Waals surface area (Å²) < 4.78 is 5.38. The lowest BCUT2D eigenvalue weighted by Crippen LogP contribution is -2.24. The Morgan fingerprint density at radius 3 is 2.48 bits per heavy atom. The molecule has 1 heterocycles. The highest BCUT2D eigenvalue weighted by Gasteiger charge is 2.09. The first-order valence-corrected chi connectivity index (χ1v) is 9.92. The van der Waals surface area contributed by atoms with Gasteiger partial charge in [-0.1, -0.05) is 61.0 Å². The molecule has 27 heavy (non-hydrogen) atoms. The summed E-state index contributed by atoms with van der Waals surface area (Å²) >= 11 is 1.82. The zero-order valence-electron chi connectivity index (χ0n) is 15.9. The molecule has 140 valence electrons. The molecule has 0 radical (unpaired) electrons. The highest BCUT2D eigenvalue weighted by molar-refractivity contribution is 7.99. The van der Waals surface area contributed by atoms with Gasteiger partial charge in [-0.05, 0) is 24.6 Å². The molecule has 0 aliphatic carbocycles. The van der Waals surface area contributed by atoms with Crippen LogP contribution in [0.4, 0.5) is 0 Å². The van der Waals surface area contributed by atoms with Gasteiger partial charge in [-0.2, -0.15) is 0 Å². The maximum Gasteiger partial charge on any atom is 0.224 e. The van der Waals surface area contributed by atoms with E-state index in [2.05, 4.69) is 36.5 Å². The van der Waals surface area contributed by atoms with Crippen molar-refractivity contribution in [3.8, 4) is 11.3 Å². The quantitative estimate of drug-likeness (QED) is 0.586. The van der Waals surface area contributed by atoms with Gasteiger partial charge in [0.2, 0.25) is 5.91 Å². The number of hydrogen-bond donors (Lipinski definition) is 1. The molecule has 0 aliphatic heterocycles. The Hall–Kier alpha value is -2.53. The number of nitrogens with zero attached hydrogens (tertiary/aromatic N) is 1. The summed E-state index contributed by atoms with van der Waals surface area (Å²) in [6.07, 6.45) is 0.356. The Morgan fingerprint density at radius 2 is 1.81 bits per heavy atom. The minimum absolute atomic E-state index is 0.0286. The van der Waals surface area contributed by atoms with Crippen LogP contribution >= 0.6 is 11.8 Å². The second-order valence-corrected chi connectivity index (χ2v) is 8.46. The van der Waals surface area contributed by atoms with E-state index in [1.807, 2.05) is 61.2 Å². The summed E-state index contributed by atoms with van der Waals surface area (Å²) in [5, 5.41) is 7.49. The van der Waals surface area contributed by atoms with E-state index in [1.54, 1.807) is 0 Å². The number of carbonyl (C=O) groups is 1. The predicted molar refractivity (Wildman–Crippen MR) is 110 cm³/mol. The number of carbonyl (C=O) groups excluding carboxylic acids is 1. The minimum atomic E-state index is -0.0286. The van der Waals surface area contributed by atoms with Crippen LogP contribution in [0.5, 0.6) is 0 Å². The van der Waals surface area contributed by atoms with Gasteiger partial charge < -0.3 is 9.84 Å². The average molecular weight is 381 g/mol. The second kappa shape index (κ2) is 8.91. The molecule has 0 bridgehead atoms. The Morgan fingerprint density at radius 1 is 1.11 bits per heavy atom. The molecular formula is C22H24N2O2S. The average Bonchev–Trinajstić information content (AvgIpc) is 3.11. The summed E-state index contributed by atoms with van der Waals surface area (Å²) in [5.74, 6) is 0.677. The number of aryl methyl sites for hydroxylation is 1. The van der Waals surface area contributed by atoms with Crippen LogP contribution < -0.4 is 5.32 Å². The third-order valence-corrected chi connectivity index (χ3v) is 5.04. The predicted octanol–water partition coefficient (Wildman–Crippen LogP) is 5.01. The summed E-state index contributed by atoms with van der Waals surface area (Å²) in [6, 6.07) is 18.1. The lowest BCUT2D eigenvalue weighted by Gasteiger charge is -2.06. The Labute approximate surface area is 164 Å². The van der Waals surface area contributed by atoms with E-state index in [1.165, 1.54) is 10.5 Å². The Balaban J connectivity index is 1.51. The largest absolute Gasteiger partial charge is 0.356 e. The van der Waals surface area contributed by atoms with Crippen LogP contribution in [-0.4, -0.2) is 16.3 Å². The molecule has 0 saturated heterocycles. The molecule has 2 aromatic carbocycles. The third-order valence-electron chi connectivity index (χ3n) is 4.02. The van der Waals surface area contributed by atoms with E-state index < -0.39 is 0 Å². The Bertz CT molecular complexity index is 883. The van der Waals surface area contributed by atoms with Crippen molar-refractivity contribution in [1.82, 2.24) is 10.5 Å². The number of amides is 1. The van der Waals surface area contributed by atoms with Crippen molar-refractivity contribution in [3.05, 3.63) is 71.4 Å². The normalized spacial score (nSPS) is 11.0. The highest BCUT2D eigenvalue weighted by Crippen LogP contribution is 2.23. The molecule has 0 atom stereocenters. The Kier molecular flexibility index (Phi) is 6.35. The van der Waals surface area contributed by atoms with Gasteiger partial charge in [0.05, 0.1) is 13.0 Å². The molecule has 1 amide bonds. The maximum absolute atomic E-state index is 12.2. The van der Waals surface area contributed by atoms with E-state index in [9.17, 15) is 4.79 Å². The van der Waals surface area contributed by atoms with E-state index in [0.717, 1.165) is 11.1 Å². The number of rotatable bonds is 7. The molecule has 3 aromatic rings. The fraction of sp³-hybridized carbons (Fsp3) is 0.273. The SMILES string of the molecule is Cc1ccc(-c2cc(CNC(=O)Cc3ccc(SC(C)C)cc3)no2)cc1. The minimum Gasteiger partial charge on any atom is -0.356 e. The van der Waals surface area contributed by atoms with Crippen molar-refractivity contribution in [2.24, 2.45) is 0 Å². The molecule has 0 spiro atoms. The van der Waals surface area contributed by atoms with Gasteiger partial charge >= 0.3 is 0 Å². The summed E-state index contributed by atoms with van der Waals surface area (Å²) in [5.41, 5.74) is 3.88.